The molecule has 1 fully saturated rings. The van der Waals surface area contributed by atoms with Crippen molar-refractivity contribution in [3.63, 3.8) is 0 Å². The van der Waals surface area contributed by atoms with E-state index in [0.717, 1.165) is 30.9 Å². The van der Waals surface area contributed by atoms with E-state index in [-0.39, 0.29) is 18.3 Å². The molecule has 6 heteroatoms. The number of hydrogen-bond acceptors (Lipinski definition) is 3. The SMILES string of the molecule is Cc1ccn(CC(=O)N2CCN(Cc3cccc(F)c3)CC2)n1. The lowest BCUT2D eigenvalue weighted by Crippen LogP contribution is -2.49. The number of aryl methyl sites for hydroxylation is 1. The molecule has 2 aromatic rings. The average Bonchev–Trinajstić information content (AvgIpc) is 2.93. The molecule has 0 saturated carbocycles. The summed E-state index contributed by atoms with van der Waals surface area (Å²) >= 11 is 0. The molecular weight excluding hydrogens is 295 g/mol. The van der Waals surface area contributed by atoms with E-state index in [1.807, 2.05) is 30.2 Å². The van der Waals surface area contributed by atoms with Crippen LogP contribution in [0.1, 0.15) is 11.3 Å². The molecule has 1 aromatic carbocycles. The van der Waals surface area contributed by atoms with Gasteiger partial charge in [-0.05, 0) is 30.7 Å². The molecule has 0 radical (unpaired) electrons. The molecule has 0 aliphatic carbocycles. The largest absolute Gasteiger partial charge is 0.339 e. The van der Waals surface area contributed by atoms with Crippen molar-refractivity contribution in [1.82, 2.24) is 19.6 Å². The maximum absolute atomic E-state index is 13.2. The van der Waals surface area contributed by atoms with Crippen molar-refractivity contribution in [3.8, 4) is 0 Å². The Morgan fingerprint density at radius 2 is 2.00 bits per heavy atom. The van der Waals surface area contributed by atoms with Gasteiger partial charge in [0.1, 0.15) is 12.4 Å². The minimum atomic E-state index is -0.203. The third-order valence-corrected chi connectivity index (χ3v) is 4.09. The van der Waals surface area contributed by atoms with E-state index in [9.17, 15) is 9.18 Å². The maximum atomic E-state index is 13.2. The molecule has 23 heavy (non-hydrogen) atoms. The summed E-state index contributed by atoms with van der Waals surface area (Å²) in [4.78, 5) is 16.4. The lowest BCUT2D eigenvalue weighted by Gasteiger charge is -2.34. The molecule has 2 heterocycles. The van der Waals surface area contributed by atoms with Crippen LogP contribution in [0.4, 0.5) is 4.39 Å². The lowest BCUT2D eigenvalue weighted by molar-refractivity contribution is -0.133. The number of nitrogens with zero attached hydrogens (tertiary/aromatic N) is 4. The van der Waals surface area contributed by atoms with E-state index in [2.05, 4.69) is 10.00 Å². The van der Waals surface area contributed by atoms with Gasteiger partial charge >= 0.3 is 0 Å². The Bertz CT molecular complexity index is 677. The molecule has 1 aromatic heterocycles. The van der Waals surface area contributed by atoms with E-state index in [0.29, 0.717) is 13.1 Å². The molecule has 1 aliphatic heterocycles. The number of carbonyl (C=O) groups is 1. The first-order valence-electron chi connectivity index (χ1n) is 7.85. The van der Waals surface area contributed by atoms with Crippen molar-refractivity contribution in [2.75, 3.05) is 26.2 Å². The predicted molar refractivity (Wildman–Crippen MR) is 85.2 cm³/mol. The van der Waals surface area contributed by atoms with Crippen LogP contribution in [0.3, 0.4) is 0 Å². The second kappa shape index (κ2) is 6.91. The van der Waals surface area contributed by atoms with Crippen LogP contribution in [0.2, 0.25) is 0 Å². The number of halogens is 1. The fourth-order valence-electron chi connectivity index (χ4n) is 2.84. The highest BCUT2D eigenvalue weighted by Gasteiger charge is 2.21. The number of benzene rings is 1. The van der Waals surface area contributed by atoms with Crippen molar-refractivity contribution in [2.45, 2.75) is 20.0 Å². The molecule has 1 aliphatic rings. The third-order valence-electron chi connectivity index (χ3n) is 4.09. The Balaban J connectivity index is 1.49. The highest BCUT2D eigenvalue weighted by atomic mass is 19.1. The van der Waals surface area contributed by atoms with E-state index in [1.54, 1.807) is 16.8 Å². The Labute approximate surface area is 135 Å². The van der Waals surface area contributed by atoms with Crippen LogP contribution in [0.5, 0.6) is 0 Å². The van der Waals surface area contributed by atoms with Crippen molar-refractivity contribution >= 4 is 5.91 Å². The Morgan fingerprint density at radius 1 is 1.22 bits per heavy atom. The zero-order valence-electron chi connectivity index (χ0n) is 13.3. The van der Waals surface area contributed by atoms with E-state index in [4.69, 9.17) is 0 Å². The lowest BCUT2D eigenvalue weighted by atomic mass is 10.2. The van der Waals surface area contributed by atoms with Crippen LogP contribution in [-0.4, -0.2) is 51.7 Å². The van der Waals surface area contributed by atoms with Crippen LogP contribution in [0, 0.1) is 12.7 Å². The highest BCUT2D eigenvalue weighted by Crippen LogP contribution is 2.10. The van der Waals surface area contributed by atoms with E-state index >= 15 is 0 Å². The van der Waals surface area contributed by atoms with Crippen molar-refractivity contribution in [1.29, 1.82) is 0 Å². The second-order valence-corrected chi connectivity index (χ2v) is 5.94. The molecule has 3 rings (SSSR count). The van der Waals surface area contributed by atoms with E-state index < -0.39 is 0 Å². The van der Waals surface area contributed by atoms with Crippen LogP contribution in [0.15, 0.2) is 36.5 Å². The number of piperazine rings is 1. The molecule has 0 atom stereocenters. The fraction of sp³-hybridized carbons (Fsp3) is 0.412. The number of carbonyl (C=O) groups excluding carboxylic acids is 1. The van der Waals surface area contributed by atoms with Gasteiger partial charge in [-0.15, -0.1) is 0 Å². The topological polar surface area (TPSA) is 41.4 Å². The summed E-state index contributed by atoms with van der Waals surface area (Å²) in [5.41, 5.74) is 1.88. The molecule has 0 N–H and O–H groups in total. The monoisotopic (exact) mass is 316 g/mol. The summed E-state index contributed by atoms with van der Waals surface area (Å²) < 4.78 is 14.9. The summed E-state index contributed by atoms with van der Waals surface area (Å²) in [6.45, 7) is 5.94. The minimum absolute atomic E-state index is 0.0958. The summed E-state index contributed by atoms with van der Waals surface area (Å²) in [5, 5.41) is 4.25. The minimum Gasteiger partial charge on any atom is -0.339 e. The summed E-state index contributed by atoms with van der Waals surface area (Å²) in [6, 6.07) is 8.58. The average molecular weight is 316 g/mol. The van der Waals surface area contributed by atoms with Gasteiger partial charge in [-0.3, -0.25) is 14.4 Å². The summed E-state index contributed by atoms with van der Waals surface area (Å²) in [6.07, 6.45) is 1.83. The molecular formula is C17H21FN4O. The van der Waals surface area contributed by atoms with Crippen molar-refractivity contribution < 1.29 is 9.18 Å². The Morgan fingerprint density at radius 3 is 2.65 bits per heavy atom. The van der Waals surface area contributed by atoms with Gasteiger partial charge in [0.25, 0.3) is 0 Å². The van der Waals surface area contributed by atoms with Gasteiger partial charge in [-0.25, -0.2) is 4.39 Å². The third kappa shape index (κ3) is 4.16. The fourth-order valence-corrected chi connectivity index (χ4v) is 2.84. The molecule has 1 saturated heterocycles. The first kappa shape index (κ1) is 15.7. The van der Waals surface area contributed by atoms with Gasteiger partial charge in [0, 0.05) is 38.9 Å². The quantitative estimate of drug-likeness (QED) is 0.862. The highest BCUT2D eigenvalue weighted by molar-refractivity contribution is 5.76. The number of amides is 1. The smallest absolute Gasteiger partial charge is 0.244 e. The number of hydrogen-bond donors (Lipinski definition) is 0. The normalized spacial score (nSPS) is 15.8. The maximum Gasteiger partial charge on any atom is 0.244 e. The first-order chi connectivity index (χ1) is 11.1. The number of aromatic nitrogens is 2. The van der Waals surface area contributed by atoms with Crippen LogP contribution < -0.4 is 0 Å². The first-order valence-corrected chi connectivity index (χ1v) is 7.85. The van der Waals surface area contributed by atoms with Gasteiger partial charge in [-0.1, -0.05) is 12.1 Å². The molecule has 0 spiro atoms. The molecule has 122 valence electrons. The Hall–Kier alpha value is -2.21. The van der Waals surface area contributed by atoms with E-state index in [1.165, 1.54) is 6.07 Å². The van der Waals surface area contributed by atoms with Gasteiger partial charge in [0.15, 0.2) is 0 Å². The van der Waals surface area contributed by atoms with Crippen LogP contribution >= 0.6 is 0 Å². The van der Waals surface area contributed by atoms with Crippen molar-refractivity contribution in [2.24, 2.45) is 0 Å². The van der Waals surface area contributed by atoms with Gasteiger partial charge in [-0.2, -0.15) is 5.10 Å². The van der Waals surface area contributed by atoms with Gasteiger partial charge in [0.05, 0.1) is 5.69 Å². The van der Waals surface area contributed by atoms with Crippen LogP contribution in [-0.2, 0) is 17.9 Å². The van der Waals surface area contributed by atoms with Crippen LogP contribution in [0.25, 0.3) is 0 Å². The molecule has 0 unspecified atom stereocenters. The second-order valence-electron chi connectivity index (χ2n) is 5.94. The zero-order chi connectivity index (χ0) is 16.2. The van der Waals surface area contributed by atoms with Gasteiger partial charge in [0.2, 0.25) is 5.91 Å². The number of rotatable bonds is 4. The molecule has 1 amide bonds. The Kier molecular flexibility index (Phi) is 4.71. The predicted octanol–water partition coefficient (Wildman–Crippen LogP) is 1.68. The van der Waals surface area contributed by atoms with Crippen molar-refractivity contribution in [3.05, 3.63) is 53.6 Å². The zero-order valence-corrected chi connectivity index (χ0v) is 13.3. The standard InChI is InChI=1S/C17H21FN4O/c1-14-5-6-22(19-14)13-17(23)21-9-7-20(8-10-21)12-15-3-2-4-16(18)11-15/h2-6,11H,7-10,12-13H2,1H3. The molecule has 5 nitrogen and oxygen atoms in total. The summed E-state index contributed by atoms with van der Waals surface area (Å²) in [5.74, 6) is -0.107. The molecule has 0 bridgehead atoms. The van der Waals surface area contributed by atoms with Gasteiger partial charge < -0.3 is 4.90 Å². The summed E-state index contributed by atoms with van der Waals surface area (Å²) in [7, 11) is 0.